The molecule has 0 saturated carbocycles. The van der Waals surface area contributed by atoms with Gasteiger partial charge in [-0.05, 0) is 36.4 Å². The standard InChI is InChI=1S/C18H15BrN4O4S/c1-27-14-6-7-15(16(10-14)23(25)26)21-17(24)11-28-18-20-8-9-22(18)13-4-2-12(19)3-5-13/h2-10H,11H2,1H3,(H,21,24). The minimum absolute atomic E-state index is 0.0523. The van der Waals surface area contributed by atoms with Crippen LogP contribution in [0.5, 0.6) is 5.75 Å². The van der Waals surface area contributed by atoms with Crippen molar-refractivity contribution in [3.05, 3.63) is 69.4 Å². The summed E-state index contributed by atoms with van der Waals surface area (Å²) in [6.45, 7) is 0. The number of hydrogen-bond acceptors (Lipinski definition) is 6. The maximum atomic E-state index is 12.3. The molecule has 8 nitrogen and oxygen atoms in total. The number of nitro groups is 1. The molecular weight excluding hydrogens is 448 g/mol. The van der Waals surface area contributed by atoms with Gasteiger partial charge in [-0.15, -0.1) is 0 Å². The Morgan fingerprint density at radius 2 is 2.07 bits per heavy atom. The van der Waals surface area contributed by atoms with E-state index >= 15 is 0 Å². The van der Waals surface area contributed by atoms with Crippen LogP contribution in [0.25, 0.3) is 5.69 Å². The van der Waals surface area contributed by atoms with Crippen LogP contribution in [-0.2, 0) is 4.79 Å². The first-order valence-electron chi connectivity index (χ1n) is 8.02. The highest BCUT2D eigenvalue weighted by Crippen LogP contribution is 2.29. The highest BCUT2D eigenvalue weighted by molar-refractivity contribution is 9.10. The van der Waals surface area contributed by atoms with Crippen LogP contribution in [0.4, 0.5) is 11.4 Å². The van der Waals surface area contributed by atoms with Gasteiger partial charge in [-0.2, -0.15) is 0 Å². The largest absolute Gasteiger partial charge is 0.496 e. The first-order chi connectivity index (χ1) is 13.5. The average molecular weight is 463 g/mol. The molecule has 0 radical (unpaired) electrons. The van der Waals surface area contributed by atoms with Crippen molar-refractivity contribution in [1.29, 1.82) is 0 Å². The maximum Gasteiger partial charge on any atom is 0.296 e. The number of carbonyl (C=O) groups excluding carboxylic acids is 1. The molecule has 1 heterocycles. The third-order valence-corrected chi connectivity index (χ3v) is 5.22. The van der Waals surface area contributed by atoms with E-state index < -0.39 is 4.92 Å². The molecule has 0 fully saturated rings. The molecule has 0 atom stereocenters. The van der Waals surface area contributed by atoms with Crippen LogP contribution in [0.1, 0.15) is 0 Å². The summed E-state index contributed by atoms with van der Waals surface area (Å²) >= 11 is 4.63. The number of nitrogens with one attached hydrogen (secondary N) is 1. The second-order valence-corrected chi connectivity index (χ2v) is 7.39. The van der Waals surface area contributed by atoms with E-state index in [2.05, 4.69) is 26.2 Å². The van der Waals surface area contributed by atoms with Gasteiger partial charge in [0.1, 0.15) is 11.4 Å². The Morgan fingerprint density at radius 1 is 1.32 bits per heavy atom. The third kappa shape index (κ3) is 4.70. The number of amides is 1. The molecule has 1 N–H and O–H groups in total. The summed E-state index contributed by atoms with van der Waals surface area (Å²) in [4.78, 5) is 27.2. The summed E-state index contributed by atoms with van der Waals surface area (Å²) in [6, 6.07) is 12.0. The quantitative estimate of drug-likeness (QED) is 0.319. The second-order valence-electron chi connectivity index (χ2n) is 5.53. The van der Waals surface area contributed by atoms with Crippen LogP contribution in [-0.4, -0.2) is 33.2 Å². The molecule has 144 valence electrons. The van der Waals surface area contributed by atoms with Crippen molar-refractivity contribution in [3.63, 3.8) is 0 Å². The van der Waals surface area contributed by atoms with Gasteiger partial charge in [-0.1, -0.05) is 27.7 Å². The molecule has 0 aliphatic heterocycles. The molecule has 3 aromatic rings. The van der Waals surface area contributed by atoms with E-state index in [1.807, 2.05) is 28.8 Å². The first kappa shape index (κ1) is 19.9. The Morgan fingerprint density at radius 3 is 2.75 bits per heavy atom. The van der Waals surface area contributed by atoms with Crippen molar-refractivity contribution < 1.29 is 14.5 Å². The van der Waals surface area contributed by atoms with Crippen molar-refractivity contribution in [2.24, 2.45) is 0 Å². The molecule has 0 saturated heterocycles. The first-order valence-corrected chi connectivity index (χ1v) is 9.80. The fraction of sp³-hybridized carbons (Fsp3) is 0.111. The number of rotatable bonds is 7. The van der Waals surface area contributed by atoms with E-state index in [0.29, 0.717) is 10.9 Å². The Balaban J connectivity index is 1.68. The van der Waals surface area contributed by atoms with Gasteiger partial charge in [0.25, 0.3) is 5.69 Å². The lowest BCUT2D eigenvalue weighted by Crippen LogP contribution is -2.15. The van der Waals surface area contributed by atoms with E-state index in [1.54, 1.807) is 18.5 Å². The Kier molecular flexibility index (Phi) is 6.32. The number of nitro benzene ring substituents is 1. The van der Waals surface area contributed by atoms with Crippen LogP contribution < -0.4 is 10.1 Å². The van der Waals surface area contributed by atoms with E-state index in [1.165, 1.54) is 31.0 Å². The lowest BCUT2D eigenvalue weighted by molar-refractivity contribution is -0.384. The van der Waals surface area contributed by atoms with Crippen LogP contribution in [0.2, 0.25) is 0 Å². The molecule has 28 heavy (non-hydrogen) atoms. The van der Waals surface area contributed by atoms with Crippen molar-refractivity contribution >= 4 is 45.0 Å². The predicted octanol–water partition coefficient (Wildman–Crippen LogP) is 4.28. The Labute approximate surface area is 173 Å². The number of benzene rings is 2. The highest BCUT2D eigenvalue weighted by atomic mass is 79.9. The van der Waals surface area contributed by atoms with Crippen molar-refractivity contribution in [3.8, 4) is 11.4 Å². The summed E-state index contributed by atoms with van der Waals surface area (Å²) in [5.74, 6) is 0.0238. The molecule has 0 spiro atoms. The normalized spacial score (nSPS) is 10.5. The minimum atomic E-state index is -0.564. The summed E-state index contributed by atoms with van der Waals surface area (Å²) < 4.78 is 7.81. The third-order valence-electron chi connectivity index (χ3n) is 3.72. The van der Waals surface area contributed by atoms with Crippen LogP contribution >= 0.6 is 27.7 Å². The summed E-state index contributed by atoms with van der Waals surface area (Å²) in [7, 11) is 1.42. The van der Waals surface area contributed by atoms with Crippen molar-refractivity contribution in [2.45, 2.75) is 5.16 Å². The molecular formula is C18H15BrN4O4S. The minimum Gasteiger partial charge on any atom is -0.496 e. The molecule has 1 aromatic heterocycles. The van der Waals surface area contributed by atoms with Gasteiger partial charge < -0.3 is 10.1 Å². The zero-order valence-electron chi connectivity index (χ0n) is 14.7. The highest BCUT2D eigenvalue weighted by Gasteiger charge is 2.18. The lowest BCUT2D eigenvalue weighted by Gasteiger charge is -2.09. The molecule has 2 aromatic carbocycles. The molecule has 0 aliphatic rings. The predicted molar refractivity (Wildman–Crippen MR) is 110 cm³/mol. The fourth-order valence-corrected chi connectivity index (χ4v) is 3.44. The number of nitrogens with zero attached hydrogens (tertiary/aromatic N) is 3. The van der Waals surface area contributed by atoms with E-state index in [0.717, 1.165) is 10.2 Å². The van der Waals surface area contributed by atoms with Gasteiger partial charge >= 0.3 is 0 Å². The SMILES string of the molecule is COc1ccc(NC(=O)CSc2nccn2-c2ccc(Br)cc2)c([N+](=O)[O-])c1. The number of imidazole rings is 1. The number of carbonyl (C=O) groups is 1. The molecule has 3 rings (SSSR count). The van der Waals surface area contributed by atoms with Gasteiger partial charge in [-0.25, -0.2) is 4.98 Å². The van der Waals surface area contributed by atoms with Crippen LogP contribution in [0.15, 0.2) is 64.5 Å². The number of ether oxygens (including phenoxy) is 1. The van der Waals surface area contributed by atoms with Gasteiger partial charge in [0.2, 0.25) is 5.91 Å². The zero-order chi connectivity index (χ0) is 20.1. The number of methoxy groups -OCH3 is 1. The number of hydrogen-bond donors (Lipinski definition) is 1. The van der Waals surface area contributed by atoms with Crippen molar-refractivity contribution in [1.82, 2.24) is 9.55 Å². The Hall–Kier alpha value is -2.85. The van der Waals surface area contributed by atoms with E-state index in [4.69, 9.17) is 4.74 Å². The zero-order valence-corrected chi connectivity index (χ0v) is 17.1. The fourth-order valence-electron chi connectivity index (χ4n) is 2.41. The number of aromatic nitrogens is 2. The molecule has 0 aliphatic carbocycles. The second kappa shape index (κ2) is 8.89. The molecule has 10 heteroatoms. The Bertz CT molecular complexity index is 1010. The summed E-state index contributed by atoms with van der Waals surface area (Å²) in [6.07, 6.45) is 3.45. The summed E-state index contributed by atoms with van der Waals surface area (Å²) in [5, 5.41) is 14.4. The molecule has 0 bridgehead atoms. The maximum absolute atomic E-state index is 12.3. The van der Waals surface area contributed by atoms with E-state index in [9.17, 15) is 14.9 Å². The van der Waals surface area contributed by atoms with Gasteiger partial charge in [0.05, 0.1) is 23.9 Å². The van der Waals surface area contributed by atoms with Crippen LogP contribution in [0, 0.1) is 10.1 Å². The van der Waals surface area contributed by atoms with Gasteiger partial charge in [0, 0.05) is 22.6 Å². The summed E-state index contributed by atoms with van der Waals surface area (Å²) in [5.41, 5.74) is 0.802. The number of anilines is 1. The molecule has 1 amide bonds. The lowest BCUT2D eigenvalue weighted by atomic mass is 10.2. The van der Waals surface area contributed by atoms with E-state index in [-0.39, 0.29) is 23.0 Å². The smallest absolute Gasteiger partial charge is 0.296 e. The van der Waals surface area contributed by atoms with Crippen LogP contribution in [0.3, 0.4) is 0 Å². The molecule has 0 unspecified atom stereocenters. The average Bonchev–Trinajstić information content (AvgIpc) is 3.15. The van der Waals surface area contributed by atoms with Gasteiger partial charge in [-0.3, -0.25) is 19.5 Å². The van der Waals surface area contributed by atoms with Crippen molar-refractivity contribution in [2.75, 3.05) is 18.2 Å². The number of thioether (sulfide) groups is 1. The van der Waals surface area contributed by atoms with Gasteiger partial charge in [0.15, 0.2) is 5.16 Å². The number of halogens is 1. The monoisotopic (exact) mass is 462 g/mol. The topological polar surface area (TPSA) is 99.3 Å².